The summed E-state index contributed by atoms with van der Waals surface area (Å²) in [5, 5.41) is 12.4. The van der Waals surface area contributed by atoms with Gasteiger partial charge in [0.15, 0.2) is 0 Å². The molecule has 0 aliphatic heterocycles. The Hall–Kier alpha value is -2.56. The van der Waals surface area contributed by atoms with Gasteiger partial charge in [-0.1, -0.05) is 24.3 Å². The lowest BCUT2D eigenvalue weighted by atomic mass is 10.2. The van der Waals surface area contributed by atoms with Gasteiger partial charge in [-0.05, 0) is 48.2 Å². The smallest absolute Gasteiger partial charge is 0.318 e. The number of halogens is 1. The first kappa shape index (κ1) is 15.3. The summed E-state index contributed by atoms with van der Waals surface area (Å²) < 4.78 is 12.9. The molecule has 2 aromatic carbocycles. The van der Waals surface area contributed by atoms with Crippen molar-refractivity contribution in [1.82, 2.24) is 10.2 Å². The van der Waals surface area contributed by atoms with Gasteiger partial charge in [-0.25, -0.2) is 9.18 Å². The second-order valence-corrected chi connectivity index (χ2v) is 5.81. The Kier molecular flexibility index (Phi) is 4.46. The van der Waals surface area contributed by atoms with Crippen LogP contribution in [0, 0.1) is 5.82 Å². The van der Waals surface area contributed by atoms with Gasteiger partial charge in [-0.3, -0.25) is 0 Å². The van der Waals surface area contributed by atoms with E-state index < -0.39 is 0 Å². The summed E-state index contributed by atoms with van der Waals surface area (Å²) in [4.78, 5) is 14.2. The molecule has 0 radical (unpaired) electrons. The Labute approximate surface area is 134 Å². The molecule has 2 aromatic rings. The van der Waals surface area contributed by atoms with Crippen molar-refractivity contribution in [2.75, 3.05) is 0 Å². The molecule has 2 N–H and O–H groups in total. The second-order valence-electron chi connectivity index (χ2n) is 5.81. The number of hydrogen-bond acceptors (Lipinski definition) is 2. The Balaban J connectivity index is 1.61. The normalized spacial score (nSPS) is 13.6. The van der Waals surface area contributed by atoms with E-state index in [2.05, 4.69) is 5.32 Å². The van der Waals surface area contributed by atoms with Crippen LogP contribution in [0.1, 0.15) is 24.0 Å². The third kappa shape index (κ3) is 4.22. The fourth-order valence-electron chi connectivity index (χ4n) is 2.49. The maximum absolute atomic E-state index is 12.9. The van der Waals surface area contributed by atoms with Crippen LogP contribution in [0.4, 0.5) is 9.18 Å². The van der Waals surface area contributed by atoms with Gasteiger partial charge in [0.05, 0.1) is 0 Å². The number of carbonyl (C=O) groups excluding carboxylic acids is 1. The van der Waals surface area contributed by atoms with Gasteiger partial charge in [0.25, 0.3) is 0 Å². The van der Waals surface area contributed by atoms with Crippen molar-refractivity contribution in [3.8, 4) is 5.75 Å². The van der Waals surface area contributed by atoms with E-state index in [1.54, 1.807) is 35.2 Å². The highest BCUT2D eigenvalue weighted by Gasteiger charge is 2.32. The van der Waals surface area contributed by atoms with Gasteiger partial charge < -0.3 is 15.3 Å². The maximum atomic E-state index is 12.9. The topological polar surface area (TPSA) is 52.6 Å². The zero-order valence-corrected chi connectivity index (χ0v) is 12.7. The molecule has 23 heavy (non-hydrogen) atoms. The van der Waals surface area contributed by atoms with Crippen molar-refractivity contribution >= 4 is 6.03 Å². The number of urea groups is 1. The van der Waals surface area contributed by atoms with Crippen molar-refractivity contribution in [3.63, 3.8) is 0 Å². The van der Waals surface area contributed by atoms with E-state index in [1.807, 2.05) is 6.07 Å². The van der Waals surface area contributed by atoms with Crippen molar-refractivity contribution in [3.05, 3.63) is 65.5 Å². The number of carbonyl (C=O) groups is 1. The van der Waals surface area contributed by atoms with Crippen molar-refractivity contribution in [2.24, 2.45) is 0 Å². The summed E-state index contributed by atoms with van der Waals surface area (Å²) >= 11 is 0. The highest BCUT2D eigenvalue weighted by atomic mass is 19.1. The predicted molar refractivity (Wildman–Crippen MR) is 85.3 cm³/mol. The van der Waals surface area contributed by atoms with Gasteiger partial charge in [-0.15, -0.1) is 0 Å². The molecule has 2 amide bonds. The minimum Gasteiger partial charge on any atom is -0.508 e. The highest BCUT2D eigenvalue weighted by Crippen LogP contribution is 2.29. The number of nitrogens with one attached hydrogen (secondary N) is 1. The number of hydrogen-bond donors (Lipinski definition) is 2. The van der Waals surface area contributed by atoms with Crippen LogP contribution in [0.25, 0.3) is 0 Å². The van der Waals surface area contributed by atoms with Crippen LogP contribution >= 0.6 is 0 Å². The fourth-order valence-corrected chi connectivity index (χ4v) is 2.49. The fraction of sp³-hybridized carbons (Fsp3) is 0.278. The SMILES string of the molecule is O=C(NCc1ccc(F)cc1)N(Cc1cccc(O)c1)C1CC1. The molecule has 5 heteroatoms. The molecule has 0 saturated heterocycles. The summed E-state index contributed by atoms with van der Waals surface area (Å²) in [6.45, 7) is 0.830. The van der Waals surface area contributed by atoms with Crippen LogP contribution in [-0.4, -0.2) is 22.1 Å². The van der Waals surface area contributed by atoms with Gasteiger partial charge in [0, 0.05) is 19.1 Å². The van der Waals surface area contributed by atoms with E-state index in [1.165, 1.54) is 12.1 Å². The van der Waals surface area contributed by atoms with E-state index >= 15 is 0 Å². The number of phenolic OH excluding ortho intramolecular Hbond substituents is 1. The molecule has 0 bridgehead atoms. The Morgan fingerprint density at radius 3 is 2.57 bits per heavy atom. The van der Waals surface area contributed by atoms with Crippen LogP contribution in [0.15, 0.2) is 48.5 Å². The van der Waals surface area contributed by atoms with Crippen LogP contribution in [0.3, 0.4) is 0 Å². The standard InChI is InChI=1S/C18H19FN2O2/c19-15-6-4-13(5-7-15)11-20-18(23)21(16-8-9-16)12-14-2-1-3-17(22)10-14/h1-7,10,16,22H,8-9,11-12H2,(H,20,23). The lowest BCUT2D eigenvalue weighted by Crippen LogP contribution is -2.40. The van der Waals surface area contributed by atoms with Gasteiger partial charge in [0.1, 0.15) is 11.6 Å². The Morgan fingerprint density at radius 1 is 1.17 bits per heavy atom. The van der Waals surface area contributed by atoms with Crippen LogP contribution in [0.5, 0.6) is 5.75 Å². The molecule has 120 valence electrons. The van der Waals surface area contributed by atoms with E-state index in [9.17, 15) is 14.3 Å². The van der Waals surface area contributed by atoms with E-state index in [0.29, 0.717) is 13.1 Å². The van der Waals surface area contributed by atoms with Crippen molar-refractivity contribution < 1.29 is 14.3 Å². The molecule has 0 aromatic heterocycles. The van der Waals surface area contributed by atoms with Gasteiger partial charge >= 0.3 is 6.03 Å². The lowest BCUT2D eigenvalue weighted by Gasteiger charge is -2.23. The first-order chi connectivity index (χ1) is 11.1. The second kappa shape index (κ2) is 6.69. The minimum atomic E-state index is -0.288. The number of rotatable bonds is 5. The number of phenols is 1. The Bertz CT molecular complexity index is 684. The summed E-state index contributed by atoms with van der Waals surface area (Å²) in [6.07, 6.45) is 2.01. The van der Waals surface area contributed by atoms with Crippen LogP contribution < -0.4 is 5.32 Å². The molecular formula is C18H19FN2O2. The molecule has 0 unspecified atom stereocenters. The molecule has 1 saturated carbocycles. The third-order valence-corrected chi connectivity index (χ3v) is 3.87. The summed E-state index contributed by atoms with van der Waals surface area (Å²) in [5.74, 6) is -0.0893. The summed E-state index contributed by atoms with van der Waals surface area (Å²) in [7, 11) is 0. The lowest BCUT2D eigenvalue weighted by molar-refractivity contribution is 0.191. The molecule has 0 spiro atoms. The van der Waals surface area contributed by atoms with Gasteiger partial charge in [-0.2, -0.15) is 0 Å². The summed E-state index contributed by atoms with van der Waals surface area (Å²) in [6, 6.07) is 13.1. The van der Waals surface area contributed by atoms with E-state index in [0.717, 1.165) is 24.0 Å². The first-order valence-corrected chi connectivity index (χ1v) is 7.68. The minimum absolute atomic E-state index is 0.139. The van der Waals surface area contributed by atoms with Crippen LogP contribution in [-0.2, 0) is 13.1 Å². The number of nitrogens with zero attached hydrogens (tertiary/aromatic N) is 1. The third-order valence-electron chi connectivity index (χ3n) is 3.87. The van der Waals surface area contributed by atoms with E-state index in [-0.39, 0.29) is 23.6 Å². The summed E-state index contributed by atoms with van der Waals surface area (Å²) in [5.41, 5.74) is 1.75. The zero-order chi connectivity index (χ0) is 16.2. The molecule has 1 aliphatic carbocycles. The average molecular weight is 314 g/mol. The number of amides is 2. The first-order valence-electron chi connectivity index (χ1n) is 7.68. The van der Waals surface area contributed by atoms with E-state index in [4.69, 9.17) is 0 Å². The molecule has 0 heterocycles. The van der Waals surface area contributed by atoms with Crippen LogP contribution in [0.2, 0.25) is 0 Å². The highest BCUT2D eigenvalue weighted by molar-refractivity contribution is 5.75. The zero-order valence-electron chi connectivity index (χ0n) is 12.7. The predicted octanol–water partition coefficient (Wildman–Crippen LogP) is 3.41. The molecule has 0 atom stereocenters. The monoisotopic (exact) mass is 314 g/mol. The molecule has 4 nitrogen and oxygen atoms in total. The van der Waals surface area contributed by atoms with Gasteiger partial charge in [0.2, 0.25) is 0 Å². The largest absolute Gasteiger partial charge is 0.508 e. The van der Waals surface area contributed by atoms with Crippen molar-refractivity contribution in [1.29, 1.82) is 0 Å². The quantitative estimate of drug-likeness (QED) is 0.888. The number of aromatic hydroxyl groups is 1. The van der Waals surface area contributed by atoms with Crippen molar-refractivity contribution in [2.45, 2.75) is 32.0 Å². The maximum Gasteiger partial charge on any atom is 0.318 e. The molecular weight excluding hydrogens is 295 g/mol. The average Bonchev–Trinajstić information content (AvgIpc) is 3.36. The number of benzene rings is 2. The Morgan fingerprint density at radius 2 is 1.91 bits per heavy atom. The molecule has 3 rings (SSSR count). The molecule has 1 aliphatic rings. The molecule has 1 fully saturated rings.